The summed E-state index contributed by atoms with van der Waals surface area (Å²) in [6.07, 6.45) is 4.72. The Bertz CT molecular complexity index is 1050. The van der Waals surface area contributed by atoms with E-state index in [-0.39, 0.29) is 50.4 Å². The molecule has 42 heavy (non-hydrogen) atoms. The van der Waals surface area contributed by atoms with Crippen molar-refractivity contribution in [3.05, 3.63) is 34.9 Å². The quantitative estimate of drug-likeness (QED) is 0.223. The maximum absolute atomic E-state index is 13.4. The molecule has 13 heteroatoms. The Kier molecular flexibility index (Phi) is 15.5. The van der Waals surface area contributed by atoms with Crippen LogP contribution in [-0.2, 0) is 30.5 Å². The Morgan fingerprint density at radius 3 is 2.45 bits per heavy atom. The summed E-state index contributed by atoms with van der Waals surface area (Å²) in [5, 5.41) is 11.1. The number of likely N-dealkylation sites (N-methyl/N-ethyl adjacent to an activating group) is 1. The average molecular weight is 610 g/mol. The number of hydrogen-bond acceptors (Lipinski definition) is 7. The van der Waals surface area contributed by atoms with Crippen molar-refractivity contribution < 1.29 is 33.4 Å². The van der Waals surface area contributed by atoms with Crippen molar-refractivity contribution in [2.45, 2.75) is 77.0 Å². The minimum absolute atomic E-state index is 0.000692. The molecule has 1 saturated carbocycles. The van der Waals surface area contributed by atoms with Crippen LogP contribution in [0.4, 0.5) is 9.59 Å². The molecule has 1 aromatic rings. The molecule has 2 unspecified atom stereocenters. The van der Waals surface area contributed by atoms with Crippen molar-refractivity contribution in [2.75, 3.05) is 33.8 Å². The Morgan fingerprint density at radius 2 is 1.79 bits per heavy atom. The van der Waals surface area contributed by atoms with Crippen LogP contribution in [0, 0.1) is 5.92 Å². The number of amides is 5. The molecule has 1 fully saturated rings. The third kappa shape index (κ3) is 13.0. The highest BCUT2D eigenvalue weighted by Crippen LogP contribution is 2.27. The molecule has 0 heterocycles. The first-order valence-electron chi connectivity index (χ1n) is 14.4. The Hall–Kier alpha value is -3.54. The van der Waals surface area contributed by atoms with Crippen molar-refractivity contribution in [3.63, 3.8) is 0 Å². The highest BCUT2D eigenvalue weighted by Gasteiger charge is 2.30. The van der Waals surface area contributed by atoms with E-state index in [4.69, 9.17) is 21.1 Å². The Labute approximate surface area is 252 Å². The number of ether oxygens (including phenoxy) is 2. The number of hydrogen-bond donors (Lipinski definition) is 4. The smallest absolute Gasteiger partial charge is 0.408 e. The van der Waals surface area contributed by atoms with Gasteiger partial charge >= 0.3 is 18.1 Å². The van der Waals surface area contributed by atoms with E-state index in [2.05, 4.69) is 21.3 Å². The minimum atomic E-state index is -1.09. The first-order valence-corrected chi connectivity index (χ1v) is 14.8. The molecule has 0 bridgehead atoms. The van der Waals surface area contributed by atoms with Crippen molar-refractivity contribution in [3.8, 4) is 0 Å². The molecule has 0 saturated heterocycles. The lowest BCUT2D eigenvalue weighted by atomic mass is 9.84. The van der Waals surface area contributed by atoms with Crippen LogP contribution < -0.4 is 21.3 Å². The number of nitrogens with zero attached hydrogens (tertiary/aromatic N) is 1. The van der Waals surface area contributed by atoms with Gasteiger partial charge in [-0.15, -0.1) is 0 Å². The van der Waals surface area contributed by atoms with Crippen molar-refractivity contribution in [2.24, 2.45) is 5.92 Å². The van der Waals surface area contributed by atoms with Crippen LogP contribution in [0.3, 0.4) is 0 Å². The molecule has 0 spiro atoms. The van der Waals surface area contributed by atoms with E-state index in [1.807, 2.05) is 0 Å². The predicted octanol–water partition coefficient (Wildman–Crippen LogP) is 3.12. The van der Waals surface area contributed by atoms with Gasteiger partial charge in [-0.3, -0.25) is 9.59 Å². The molecule has 0 aliphatic heterocycles. The number of halogens is 1. The predicted molar refractivity (Wildman–Crippen MR) is 158 cm³/mol. The largest absolute Gasteiger partial charge is 0.467 e. The molecule has 1 aliphatic rings. The van der Waals surface area contributed by atoms with Crippen LogP contribution in [0.15, 0.2) is 24.3 Å². The van der Waals surface area contributed by atoms with Gasteiger partial charge in [0.2, 0.25) is 11.8 Å². The first kappa shape index (κ1) is 34.7. The van der Waals surface area contributed by atoms with E-state index in [9.17, 15) is 24.0 Å². The summed E-state index contributed by atoms with van der Waals surface area (Å²) in [7, 11) is 2.79. The highest BCUT2D eigenvalue weighted by molar-refractivity contribution is 6.30. The molecular formula is C29H44ClN5O7. The van der Waals surface area contributed by atoms with Crippen LogP contribution >= 0.6 is 11.6 Å². The minimum Gasteiger partial charge on any atom is -0.467 e. The number of rotatable bonds is 15. The summed E-state index contributed by atoms with van der Waals surface area (Å²) < 4.78 is 10.2. The molecule has 4 N–H and O–H groups in total. The topological polar surface area (TPSA) is 155 Å². The third-order valence-corrected chi connectivity index (χ3v) is 7.34. The second-order valence-corrected chi connectivity index (χ2v) is 10.8. The summed E-state index contributed by atoms with van der Waals surface area (Å²) in [5.74, 6) is -1.28. The molecule has 234 valence electrons. The maximum atomic E-state index is 13.4. The van der Waals surface area contributed by atoms with E-state index in [1.165, 1.54) is 12.0 Å². The van der Waals surface area contributed by atoms with Gasteiger partial charge < -0.3 is 35.6 Å². The lowest BCUT2D eigenvalue weighted by Gasteiger charge is -2.27. The number of esters is 1. The summed E-state index contributed by atoms with van der Waals surface area (Å²) in [6, 6.07) is 4.56. The van der Waals surface area contributed by atoms with Crippen LogP contribution in [0.2, 0.25) is 5.02 Å². The van der Waals surface area contributed by atoms with Gasteiger partial charge in [0.05, 0.1) is 7.11 Å². The number of nitrogens with one attached hydrogen (secondary N) is 4. The second-order valence-electron chi connectivity index (χ2n) is 10.4. The normalized spacial score (nSPS) is 14.6. The molecule has 1 aliphatic carbocycles. The molecule has 0 radical (unpaired) electrons. The number of carbonyl (C=O) groups is 5. The summed E-state index contributed by atoms with van der Waals surface area (Å²) in [6.45, 7) is 2.79. The Balaban J connectivity index is 1.98. The fourth-order valence-corrected chi connectivity index (χ4v) is 4.97. The fraction of sp³-hybridized carbons (Fsp3) is 0.621. The highest BCUT2D eigenvalue weighted by atomic mass is 35.5. The molecule has 2 rings (SSSR count). The van der Waals surface area contributed by atoms with Crippen LogP contribution in [0.25, 0.3) is 0 Å². The van der Waals surface area contributed by atoms with Gasteiger partial charge in [-0.05, 0) is 43.4 Å². The fourth-order valence-electron chi connectivity index (χ4n) is 4.75. The zero-order valence-corrected chi connectivity index (χ0v) is 25.5. The lowest BCUT2D eigenvalue weighted by Crippen LogP contribution is -2.52. The monoisotopic (exact) mass is 609 g/mol. The number of methoxy groups -OCH3 is 1. The van der Waals surface area contributed by atoms with Crippen LogP contribution in [0.1, 0.15) is 63.9 Å². The summed E-state index contributed by atoms with van der Waals surface area (Å²) >= 11 is 6.00. The average Bonchev–Trinajstić information content (AvgIpc) is 2.97. The van der Waals surface area contributed by atoms with E-state index in [0.29, 0.717) is 23.6 Å². The van der Waals surface area contributed by atoms with E-state index < -0.39 is 30.1 Å². The number of urea groups is 1. The molecule has 0 aromatic heterocycles. The van der Waals surface area contributed by atoms with Gasteiger partial charge in [0.1, 0.15) is 18.7 Å². The zero-order valence-electron chi connectivity index (χ0n) is 24.7. The van der Waals surface area contributed by atoms with Gasteiger partial charge in [-0.1, -0.05) is 55.8 Å². The number of alkyl carbamates (subject to hydrolysis) is 1. The van der Waals surface area contributed by atoms with Gasteiger partial charge in [0, 0.05) is 38.1 Å². The standard InChI is InChI=1S/C29H44ClN5O7/c1-4-31-28(39)32-15-16-35(2)25(36)14-13-23(27(38)41-3)33-26(37)24(18-20-9-6-5-7-10-20)34-29(40)42-19-21-11-8-12-22(30)17-21/h8,11-12,17,20,23-24H,4-7,9-10,13-16,18-19H2,1-3H3,(H,33,37)(H,34,40)(H2,31,32,39). The van der Waals surface area contributed by atoms with E-state index >= 15 is 0 Å². The lowest BCUT2D eigenvalue weighted by molar-refractivity contribution is -0.145. The van der Waals surface area contributed by atoms with Crippen molar-refractivity contribution in [1.82, 2.24) is 26.2 Å². The van der Waals surface area contributed by atoms with Crippen LogP contribution in [0.5, 0.6) is 0 Å². The third-order valence-electron chi connectivity index (χ3n) is 7.11. The van der Waals surface area contributed by atoms with Gasteiger partial charge in [0.15, 0.2) is 0 Å². The molecule has 1 aromatic carbocycles. The molecule has 2 atom stereocenters. The van der Waals surface area contributed by atoms with Crippen molar-refractivity contribution in [1.29, 1.82) is 0 Å². The van der Waals surface area contributed by atoms with Gasteiger partial charge in [-0.2, -0.15) is 0 Å². The molecule has 5 amide bonds. The Morgan fingerprint density at radius 1 is 1.05 bits per heavy atom. The maximum Gasteiger partial charge on any atom is 0.408 e. The first-order chi connectivity index (χ1) is 20.1. The van der Waals surface area contributed by atoms with Crippen LogP contribution in [-0.4, -0.2) is 80.7 Å². The summed E-state index contributed by atoms with van der Waals surface area (Å²) in [5.41, 5.74) is 0.700. The zero-order chi connectivity index (χ0) is 30.9. The molecular weight excluding hydrogens is 566 g/mol. The summed E-state index contributed by atoms with van der Waals surface area (Å²) in [4.78, 5) is 64.2. The number of benzene rings is 1. The van der Waals surface area contributed by atoms with Gasteiger partial charge in [0.25, 0.3) is 0 Å². The van der Waals surface area contributed by atoms with E-state index in [0.717, 1.165) is 32.1 Å². The van der Waals surface area contributed by atoms with Gasteiger partial charge in [-0.25, -0.2) is 14.4 Å². The van der Waals surface area contributed by atoms with Crippen molar-refractivity contribution >= 4 is 41.5 Å². The second kappa shape index (κ2) is 18.8. The SMILES string of the molecule is CCNC(=O)NCCN(C)C(=O)CCC(NC(=O)C(CC1CCCCC1)NC(=O)OCc1cccc(Cl)c1)C(=O)OC. The molecule has 12 nitrogen and oxygen atoms in total. The van der Waals surface area contributed by atoms with E-state index in [1.54, 1.807) is 38.2 Å². The number of carbonyl (C=O) groups excluding carboxylic acids is 5.